The van der Waals surface area contributed by atoms with E-state index in [1.807, 2.05) is 0 Å². The number of rotatable bonds is 7. The molecule has 1 saturated heterocycles. The van der Waals surface area contributed by atoms with Crippen LogP contribution in [0.5, 0.6) is 0 Å². The summed E-state index contributed by atoms with van der Waals surface area (Å²) in [4.78, 5) is 30.9. The molecular formula is C20H27N7O2. The van der Waals surface area contributed by atoms with Gasteiger partial charge in [-0.15, -0.1) is 0 Å². The number of hydrogen-bond acceptors (Lipinski definition) is 7. The number of nitrogens with one attached hydrogen (secondary N) is 1. The summed E-state index contributed by atoms with van der Waals surface area (Å²) in [5, 5.41) is 4.74. The maximum atomic E-state index is 12.6. The van der Waals surface area contributed by atoms with Gasteiger partial charge in [0, 0.05) is 38.1 Å². The summed E-state index contributed by atoms with van der Waals surface area (Å²) in [5.74, 6) is 2.93. The molecule has 0 atom stereocenters. The van der Waals surface area contributed by atoms with Gasteiger partial charge in [0.05, 0.1) is 19.3 Å². The average molecular weight is 397 g/mol. The SMILES string of the molecule is CC(C)CN(Cc1ncccn1)Cc1nn2c(C3CCOCC3)ncc2c(=O)[nH]1. The fraction of sp³-hybridized carbons (Fsp3) is 0.550. The van der Waals surface area contributed by atoms with Gasteiger partial charge >= 0.3 is 0 Å². The van der Waals surface area contributed by atoms with Crippen LogP contribution in [-0.4, -0.2) is 54.2 Å². The molecule has 0 aliphatic carbocycles. The number of H-pyrrole nitrogens is 1. The second-order valence-corrected chi connectivity index (χ2v) is 7.93. The van der Waals surface area contributed by atoms with Crippen molar-refractivity contribution in [3.8, 4) is 0 Å². The number of fused-ring (bicyclic) bond motifs is 1. The number of aromatic amines is 1. The van der Waals surface area contributed by atoms with Crippen LogP contribution in [0.3, 0.4) is 0 Å². The lowest BCUT2D eigenvalue weighted by Crippen LogP contribution is -2.30. The van der Waals surface area contributed by atoms with Crippen molar-refractivity contribution in [2.24, 2.45) is 5.92 Å². The third kappa shape index (κ3) is 4.68. The molecule has 0 bridgehead atoms. The van der Waals surface area contributed by atoms with Crippen LogP contribution in [0.25, 0.3) is 5.52 Å². The molecule has 0 radical (unpaired) electrons. The highest BCUT2D eigenvalue weighted by atomic mass is 16.5. The minimum atomic E-state index is -0.165. The fourth-order valence-electron chi connectivity index (χ4n) is 3.79. The largest absolute Gasteiger partial charge is 0.381 e. The normalized spacial score (nSPS) is 15.6. The van der Waals surface area contributed by atoms with Crippen LogP contribution >= 0.6 is 0 Å². The molecule has 3 aromatic rings. The Kier molecular flexibility index (Phi) is 5.96. The van der Waals surface area contributed by atoms with Crippen LogP contribution in [0.4, 0.5) is 0 Å². The van der Waals surface area contributed by atoms with E-state index in [1.54, 1.807) is 29.2 Å². The van der Waals surface area contributed by atoms with Crippen molar-refractivity contribution >= 4 is 5.52 Å². The molecule has 1 N–H and O–H groups in total. The molecule has 9 heteroatoms. The first kappa shape index (κ1) is 19.7. The standard InChI is InChI=1S/C20H27N7O2/c1-14(2)11-26(12-17-21-6-3-7-22-17)13-18-24-20(28)16-10-23-19(27(16)25-18)15-4-8-29-9-5-15/h3,6-7,10,14-15H,4-5,8-9,11-13H2,1-2H3,(H,24,25,28). The van der Waals surface area contributed by atoms with Crippen LogP contribution in [0.1, 0.15) is 50.1 Å². The van der Waals surface area contributed by atoms with Gasteiger partial charge in [0.1, 0.15) is 17.5 Å². The first-order valence-electron chi connectivity index (χ1n) is 10.1. The molecule has 0 amide bonds. The second-order valence-electron chi connectivity index (χ2n) is 7.93. The molecule has 1 fully saturated rings. The molecule has 0 spiro atoms. The Morgan fingerprint density at radius 2 is 1.97 bits per heavy atom. The zero-order chi connectivity index (χ0) is 20.2. The summed E-state index contributed by atoms with van der Waals surface area (Å²) >= 11 is 0. The lowest BCUT2D eigenvalue weighted by atomic mass is 10.00. The molecule has 3 aromatic heterocycles. The van der Waals surface area contributed by atoms with Crippen LogP contribution in [-0.2, 0) is 17.8 Å². The number of hydrogen-bond donors (Lipinski definition) is 1. The smallest absolute Gasteiger partial charge is 0.276 e. The second kappa shape index (κ2) is 8.79. The van der Waals surface area contributed by atoms with Crippen molar-refractivity contribution in [3.05, 3.63) is 52.5 Å². The monoisotopic (exact) mass is 397 g/mol. The number of ether oxygens (including phenoxy) is 1. The van der Waals surface area contributed by atoms with Gasteiger partial charge < -0.3 is 9.72 Å². The van der Waals surface area contributed by atoms with Crippen molar-refractivity contribution in [2.45, 2.75) is 45.7 Å². The molecule has 1 aliphatic rings. The summed E-state index contributed by atoms with van der Waals surface area (Å²) in [6.45, 7) is 7.71. The van der Waals surface area contributed by atoms with Gasteiger partial charge in [0.15, 0.2) is 5.52 Å². The minimum absolute atomic E-state index is 0.165. The van der Waals surface area contributed by atoms with E-state index in [-0.39, 0.29) is 11.5 Å². The van der Waals surface area contributed by atoms with Crippen LogP contribution in [0.2, 0.25) is 0 Å². The topological polar surface area (TPSA) is 101 Å². The number of imidazole rings is 1. The van der Waals surface area contributed by atoms with E-state index in [0.29, 0.717) is 30.3 Å². The highest BCUT2D eigenvalue weighted by molar-refractivity contribution is 5.42. The summed E-state index contributed by atoms with van der Waals surface area (Å²) in [6.07, 6.45) is 6.90. The molecular weight excluding hydrogens is 370 g/mol. The summed E-state index contributed by atoms with van der Waals surface area (Å²) < 4.78 is 7.18. The van der Waals surface area contributed by atoms with E-state index in [1.165, 1.54) is 0 Å². The minimum Gasteiger partial charge on any atom is -0.381 e. The van der Waals surface area contributed by atoms with Crippen molar-refractivity contribution in [2.75, 3.05) is 19.8 Å². The van der Waals surface area contributed by atoms with Gasteiger partial charge in [-0.05, 0) is 24.8 Å². The zero-order valence-electron chi connectivity index (χ0n) is 16.9. The molecule has 4 rings (SSSR count). The van der Waals surface area contributed by atoms with Gasteiger partial charge in [-0.1, -0.05) is 13.8 Å². The Bertz CT molecular complexity index is 993. The average Bonchev–Trinajstić information content (AvgIpc) is 3.13. The summed E-state index contributed by atoms with van der Waals surface area (Å²) in [6, 6.07) is 1.81. The highest BCUT2D eigenvalue weighted by Crippen LogP contribution is 2.25. The summed E-state index contributed by atoms with van der Waals surface area (Å²) in [7, 11) is 0. The molecule has 29 heavy (non-hydrogen) atoms. The van der Waals surface area contributed by atoms with Crippen molar-refractivity contribution < 1.29 is 4.74 Å². The Balaban J connectivity index is 1.61. The third-order valence-electron chi connectivity index (χ3n) is 5.04. The van der Waals surface area contributed by atoms with E-state index < -0.39 is 0 Å². The molecule has 154 valence electrons. The maximum absolute atomic E-state index is 12.6. The Morgan fingerprint density at radius 3 is 2.69 bits per heavy atom. The Labute approximate surface area is 169 Å². The third-order valence-corrected chi connectivity index (χ3v) is 5.04. The van der Waals surface area contributed by atoms with E-state index >= 15 is 0 Å². The maximum Gasteiger partial charge on any atom is 0.276 e. The van der Waals surface area contributed by atoms with Gasteiger partial charge in [-0.2, -0.15) is 5.10 Å². The number of nitrogens with zero attached hydrogens (tertiary/aromatic N) is 6. The zero-order valence-corrected chi connectivity index (χ0v) is 16.9. The Hall–Kier alpha value is -2.65. The predicted octanol–water partition coefficient (Wildman–Crippen LogP) is 1.76. The van der Waals surface area contributed by atoms with E-state index in [9.17, 15) is 4.79 Å². The van der Waals surface area contributed by atoms with Crippen molar-refractivity contribution in [1.29, 1.82) is 0 Å². The fourth-order valence-corrected chi connectivity index (χ4v) is 3.79. The molecule has 0 saturated carbocycles. The summed E-state index contributed by atoms with van der Waals surface area (Å²) in [5.41, 5.74) is 0.318. The molecule has 4 heterocycles. The molecule has 0 unspecified atom stereocenters. The van der Waals surface area contributed by atoms with Gasteiger partial charge in [0.25, 0.3) is 5.56 Å². The molecule has 0 aromatic carbocycles. The highest BCUT2D eigenvalue weighted by Gasteiger charge is 2.22. The molecule has 9 nitrogen and oxygen atoms in total. The van der Waals surface area contributed by atoms with Crippen molar-refractivity contribution in [1.82, 2.24) is 34.4 Å². The Morgan fingerprint density at radius 1 is 1.21 bits per heavy atom. The first-order chi connectivity index (χ1) is 14.1. The first-order valence-corrected chi connectivity index (χ1v) is 10.1. The van der Waals surface area contributed by atoms with Crippen molar-refractivity contribution in [3.63, 3.8) is 0 Å². The predicted molar refractivity (Wildman–Crippen MR) is 107 cm³/mol. The van der Waals surface area contributed by atoms with Crippen LogP contribution < -0.4 is 5.56 Å². The van der Waals surface area contributed by atoms with E-state index in [2.05, 4.69) is 38.7 Å². The van der Waals surface area contributed by atoms with Gasteiger partial charge in [-0.3, -0.25) is 9.69 Å². The quantitative estimate of drug-likeness (QED) is 0.648. The lowest BCUT2D eigenvalue weighted by Gasteiger charge is -2.23. The van der Waals surface area contributed by atoms with Crippen LogP contribution in [0.15, 0.2) is 29.5 Å². The van der Waals surface area contributed by atoms with Gasteiger partial charge in [-0.25, -0.2) is 19.5 Å². The molecule has 1 aliphatic heterocycles. The lowest BCUT2D eigenvalue weighted by molar-refractivity contribution is 0.0832. The number of aromatic nitrogens is 6. The van der Waals surface area contributed by atoms with Gasteiger partial charge in [0.2, 0.25) is 0 Å². The van der Waals surface area contributed by atoms with Crippen LogP contribution in [0, 0.1) is 5.92 Å². The van der Waals surface area contributed by atoms with E-state index in [4.69, 9.17) is 9.84 Å². The van der Waals surface area contributed by atoms with E-state index in [0.717, 1.165) is 44.2 Å².